The molecule has 51 heavy (non-hydrogen) atoms. The number of piperidine rings is 1. The van der Waals surface area contributed by atoms with Crippen LogP contribution in [-0.2, 0) is 9.47 Å². The summed E-state index contributed by atoms with van der Waals surface area (Å²) in [5.74, 6) is 6.23. The molecule has 1 saturated heterocycles. The van der Waals surface area contributed by atoms with Crippen molar-refractivity contribution >= 4 is 23.9 Å². The molecule has 0 aromatic carbocycles. The number of aliphatic hydroxyl groups is 2. The van der Waals surface area contributed by atoms with E-state index in [9.17, 15) is 15.0 Å². The highest BCUT2D eigenvalue weighted by atomic mass is 16.5. The molecule has 9 heteroatoms. The van der Waals surface area contributed by atoms with Crippen molar-refractivity contribution in [2.24, 2.45) is 11.8 Å². The van der Waals surface area contributed by atoms with Gasteiger partial charge in [0, 0.05) is 31.3 Å². The standard InChI is InChI=1S/C19H29N3O3.C18H22O3.C3H4.C2H4/c1-3-5-15(19(23)24)6-4-13-25-17-9-11-22(12-10-17)18-8-7-16(20-2)14-21-18;1-12(15-6-8-16(20-4)9-7-15)5-10-17-13(2)14(3)18(11-19)21-17;1-3-2;1-2/h3,5-8,14,17,19-20,23-24H,4,9-13H2,1-2H3;5-6,8-12,15H,7H2,1-4H3;1H,2H3;1-2H2/b5-3-,15-6+;10-5-;;. The van der Waals surface area contributed by atoms with E-state index in [1.54, 1.807) is 26.2 Å². The molecule has 0 radical (unpaired) electrons. The topological polar surface area (TPSA) is 117 Å². The molecule has 3 N–H and O–H groups in total. The van der Waals surface area contributed by atoms with Gasteiger partial charge in [-0.15, -0.1) is 25.5 Å². The lowest BCUT2D eigenvalue weighted by Gasteiger charge is -2.32. The van der Waals surface area contributed by atoms with Crippen molar-refractivity contribution in [1.82, 2.24) is 4.98 Å². The van der Waals surface area contributed by atoms with Crippen LogP contribution in [0.5, 0.6) is 0 Å². The van der Waals surface area contributed by atoms with Crippen LogP contribution in [0, 0.1) is 38.0 Å². The van der Waals surface area contributed by atoms with E-state index in [1.165, 1.54) is 0 Å². The van der Waals surface area contributed by atoms with E-state index in [0.717, 1.165) is 72.8 Å². The average molecular weight is 702 g/mol. The molecule has 1 aliphatic heterocycles. The first-order valence-electron chi connectivity index (χ1n) is 17.3. The number of nitrogens with one attached hydrogen (secondary N) is 1. The minimum atomic E-state index is -1.43. The molecule has 278 valence electrons. The van der Waals surface area contributed by atoms with Gasteiger partial charge < -0.3 is 34.3 Å². The molecule has 1 fully saturated rings. The molecular formula is C42H59N3O6. The fourth-order valence-electron chi connectivity index (χ4n) is 5.34. The first-order chi connectivity index (χ1) is 24.6. The number of carbonyl (C=O) groups excluding carboxylic acids is 1. The van der Waals surface area contributed by atoms with Gasteiger partial charge in [0.25, 0.3) is 0 Å². The molecular weight excluding hydrogens is 642 g/mol. The van der Waals surface area contributed by atoms with Gasteiger partial charge in [-0.3, -0.25) is 4.79 Å². The summed E-state index contributed by atoms with van der Waals surface area (Å²) in [6, 6.07) is 4.08. The number of hydrogen-bond donors (Lipinski definition) is 3. The highest BCUT2D eigenvalue weighted by molar-refractivity contribution is 5.75. The van der Waals surface area contributed by atoms with Crippen molar-refractivity contribution in [2.75, 3.05) is 44.1 Å². The van der Waals surface area contributed by atoms with E-state index in [1.807, 2.05) is 64.4 Å². The Bertz CT molecular complexity index is 1490. The van der Waals surface area contributed by atoms with Gasteiger partial charge in [0.2, 0.25) is 0 Å². The number of ether oxygens (including phenoxy) is 2. The number of aliphatic hydroxyl groups excluding tert-OH is 1. The predicted molar refractivity (Wildman–Crippen MR) is 211 cm³/mol. The summed E-state index contributed by atoms with van der Waals surface area (Å²) in [5.41, 5.74) is 3.47. The van der Waals surface area contributed by atoms with Crippen molar-refractivity contribution in [3.63, 3.8) is 0 Å². The Labute approximate surface area is 306 Å². The molecule has 9 nitrogen and oxygen atoms in total. The molecule has 0 amide bonds. The molecule has 0 bridgehead atoms. The van der Waals surface area contributed by atoms with E-state index in [0.29, 0.717) is 36.2 Å². The lowest BCUT2D eigenvalue weighted by molar-refractivity contribution is -0.00548. The van der Waals surface area contributed by atoms with Crippen molar-refractivity contribution in [2.45, 2.75) is 72.7 Å². The van der Waals surface area contributed by atoms with Gasteiger partial charge >= 0.3 is 0 Å². The highest BCUT2D eigenvalue weighted by Gasteiger charge is 2.20. The number of aromatic nitrogens is 1. The van der Waals surface area contributed by atoms with Gasteiger partial charge in [0.05, 0.1) is 31.7 Å². The molecule has 2 aliphatic rings. The highest BCUT2D eigenvalue weighted by Crippen LogP contribution is 2.27. The van der Waals surface area contributed by atoms with E-state index in [2.05, 4.69) is 65.9 Å². The van der Waals surface area contributed by atoms with Crippen LogP contribution in [-0.4, -0.2) is 67.7 Å². The predicted octanol–water partition coefficient (Wildman–Crippen LogP) is 8.22. The Kier molecular flexibility index (Phi) is 22.1. The van der Waals surface area contributed by atoms with Gasteiger partial charge in [-0.05, 0) is 101 Å². The van der Waals surface area contributed by atoms with Crippen molar-refractivity contribution < 1.29 is 28.9 Å². The second-order valence-corrected chi connectivity index (χ2v) is 11.9. The summed E-state index contributed by atoms with van der Waals surface area (Å²) in [6.45, 7) is 18.0. The number of terminal acetylenes is 1. The molecule has 3 heterocycles. The number of hydrogen-bond acceptors (Lipinski definition) is 9. The Morgan fingerprint density at radius 1 is 1.22 bits per heavy atom. The summed E-state index contributed by atoms with van der Waals surface area (Å²) in [5, 5.41) is 21.6. The quantitative estimate of drug-likeness (QED) is 0.0474. The number of methoxy groups -OCH3 is 1. The summed E-state index contributed by atoms with van der Waals surface area (Å²) in [4.78, 5) is 17.7. The third kappa shape index (κ3) is 15.4. The normalized spacial score (nSPS) is 16.6. The number of allylic oxidation sites excluding steroid dienone is 5. The van der Waals surface area contributed by atoms with Crippen molar-refractivity contribution in [1.29, 1.82) is 0 Å². The van der Waals surface area contributed by atoms with Crippen LogP contribution < -0.4 is 10.2 Å². The maximum atomic E-state index is 10.9. The number of nitrogens with zero attached hydrogens (tertiary/aromatic N) is 2. The Balaban J connectivity index is 0.000000458. The molecule has 2 aromatic heterocycles. The maximum absolute atomic E-state index is 10.9. The molecule has 0 spiro atoms. The van der Waals surface area contributed by atoms with Crippen molar-refractivity contribution in [3.8, 4) is 12.3 Å². The Hall–Kier alpha value is -4.62. The monoisotopic (exact) mass is 701 g/mol. The smallest absolute Gasteiger partial charge is 0.185 e. The number of furan rings is 1. The zero-order valence-electron chi connectivity index (χ0n) is 31.6. The van der Waals surface area contributed by atoms with Crippen LogP contribution in [0.15, 0.2) is 89.8 Å². The van der Waals surface area contributed by atoms with E-state index in [4.69, 9.17) is 13.9 Å². The third-order valence-corrected chi connectivity index (χ3v) is 8.50. The van der Waals surface area contributed by atoms with E-state index >= 15 is 0 Å². The molecule has 1 aliphatic carbocycles. The zero-order valence-corrected chi connectivity index (χ0v) is 31.6. The summed E-state index contributed by atoms with van der Waals surface area (Å²) in [7, 11) is 3.57. The number of pyridine rings is 1. The number of rotatable bonds is 13. The van der Waals surface area contributed by atoms with Gasteiger partial charge in [0.15, 0.2) is 18.3 Å². The van der Waals surface area contributed by atoms with Crippen LogP contribution in [0.2, 0.25) is 0 Å². The fourth-order valence-corrected chi connectivity index (χ4v) is 5.34. The minimum absolute atomic E-state index is 0.255. The van der Waals surface area contributed by atoms with Gasteiger partial charge in [-0.25, -0.2) is 4.98 Å². The van der Waals surface area contributed by atoms with E-state index < -0.39 is 6.29 Å². The minimum Gasteiger partial charge on any atom is -0.497 e. The lowest BCUT2D eigenvalue weighted by Crippen LogP contribution is -2.37. The zero-order chi connectivity index (χ0) is 38.2. The molecule has 2 atom stereocenters. The number of aldehydes is 1. The summed E-state index contributed by atoms with van der Waals surface area (Å²) in [6.07, 6.45) is 25.4. The number of anilines is 2. The van der Waals surface area contributed by atoms with Crippen molar-refractivity contribution in [3.05, 3.63) is 108 Å². The SMILES string of the molecule is C#CC.C/C=C\C(=C/CCOC1CCN(c2ccc(NC)cn2)CC1)C(O)O.C=C.COC1=CCC(C(C)/C=C\c2oc(C=O)c(C)c2C)C=C1. The van der Waals surface area contributed by atoms with E-state index in [-0.39, 0.29) is 6.10 Å². The van der Waals surface area contributed by atoms with Crippen LogP contribution >= 0.6 is 0 Å². The average Bonchev–Trinajstić information content (AvgIpc) is 3.44. The van der Waals surface area contributed by atoms with Crippen LogP contribution in [0.1, 0.15) is 73.9 Å². The number of carbonyl (C=O) groups is 1. The van der Waals surface area contributed by atoms with Crippen LogP contribution in [0.25, 0.3) is 6.08 Å². The third-order valence-electron chi connectivity index (χ3n) is 8.50. The van der Waals surface area contributed by atoms with Gasteiger partial charge in [0.1, 0.15) is 17.3 Å². The van der Waals surface area contributed by atoms with Gasteiger partial charge in [-0.2, -0.15) is 0 Å². The largest absolute Gasteiger partial charge is 0.497 e. The molecule has 4 rings (SSSR count). The first kappa shape index (κ1) is 44.4. The maximum Gasteiger partial charge on any atom is 0.185 e. The molecule has 0 saturated carbocycles. The summed E-state index contributed by atoms with van der Waals surface area (Å²) < 4.78 is 16.7. The second kappa shape index (κ2) is 25.3. The fraction of sp³-hybridized carbons (Fsp3) is 0.429. The van der Waals surface area contributed by atoms with Crippen LogP contribution in [0.4, 0.5) is 11.5 Å². The van der Waals surface area contributed by atoms with Gasteiger partial charge in [-0.1, -0.05) is 37.3 Å². The lowest BCUT2D eigenvalue weighted by atomic mass is 9.87. The second-order valence-electron chi connectivity index (χ2n) is 11.9. The Morgan fingerprint density at radius 2 is 1.88 bits per heavy atom. The summed E-state index contributed by atoms with van der Waals surface area (Å²) >= 11 is 0. The first-order valence-corrected chi connectivity index (χ1v) is 17.3. The molecule has 2 unspecified atom stereocenters. The molecule has 2 aromatic rings. The Morgan fingerprint density at radius 3 is 2.37 bits per heavy atom. The van der Waals surface area contributed by atoms with Crippen LogP contribution in [0.3, 0.4) is 0 Å².